The van der Waals surface area contributed by atoms with Crippen molar-refractivity contribution in [3.05, 3.63) is 11.9 Å². The molecule has 5 heteroatoms. The number of nitrogens with one attached hydrogen (secondary N) is 1. The van der Waals surface area contributed by atoms with Crippen molar-refractivity contribution in [3.63, 3.8) is 0 Å². The van der Waals surface area contributed by atoms with Gasteiger partial charge >= 0.3 is 0 Å². The van der Waals surface area contributed by atoms with Crippen molar-refractivity contribution < 1.29 is 5.11 Å². The summed E-state index contributed by atoms with van der Waals surface area (Å²) in [7, 11) is 0. The Morgan fingerprint density at radius 3 is 2.89 bits per heavy atom. The summed E-state index contributed by atoms with van der Waals surface area (Å²) >= 11 is 0. The lowest BCUT2D eigenvalue weighted by molar-refractivity contribution is 0.153. The third-order valence-corrected chi connectivity index (χ3v) is 3.48. The Balaban J connectivity index is 2.35. The van der Waals surface area contributed by atoms with Crippen LogP contribution in [0.15, 0.2) is 6.33 Å². The lowest BCUT2D eigenvalue weighted by Crippen LogP contribution is -2.39. The largest absolute Gasteiger partial charge is 0.391 e. The molecule has 106 valence electrons. The highest BCUT2D eigenvalue weighted by Gasteiger charge is 2.24. The lowest BCUT2D eigenvalue weighted by Gasteiger charge is -2.33. The number of aromatic nitrogens is 2. The fourth-order valence-corrected chi connectivity index (χ4v) is 2.63. The van der Waals surface area contributed by atoms with Gasteiger partial charge in [0.2, 0.25) is 0 Å². The SMILES string of the molecule is CCNc1ncnc(N2CCCC(O)C2)c1C(C)C. The van der Waals surface area contributed by atoms with Gasteiger partial charge in [-0.3, -0.25) is 0 Å². The first-order valence-electron chi connectivity index (χ1n) is 7.15. The van der Waals surface area contributed by atoms with E-state index >= 15 is 0 Å². The van der Waals surface area contributed by atoms with Gasteiger partial charge in [0, 0.05) is 25.2 Å². The number of hydrogen-bond donors (Lipinski definition) is 2. The monoisotopic (exact) mass is 264 g/mol. The standard InChI is InChI=1S/C14H24N4O/c1-4-15-13-12(10(2)3)14(17-9-16-13)18-7-5-6-11(19)8-18/h9-11,19H,4-8H2,1-3H3,(H,15,16,17). The predicted octanol–water partition coefficient (Wildman–Crippen LogP) is 1.99. The summed E-state index contributed by atoms with van der Waals surface area (Å²) in [4.78, 5) is 11.0. The van der Waals surface area contributed by atoms with Gasteiger partial charge in [-0.1, -0.05) is 13.8 Å². The molecule has 1 aromatic heterocycles. The first-order valence-corrected chi connectivity index (χ1v) is 7.15. The quantitative estimate of drug-likeness (QED) is 0.871. The Hall–Kier alpha value is -1.36. The highest BCUT2D eigenvalue weighted by Crippen LogP contribution is 2.32. The number of piperidine rings is 1. The van der Waals surface area contributed by atoms with Crippen LogP contribution >= 0.6 is 0 Å². The van der Waals surface area contributed by atoms with Crippen LogP contribution in [0, 0.1) is 0 Å². The summed E-state index contributed by atoms with van der Waals surface area (Å²) in [5.74, 6) is 2.24. The third kappa shape index (κ3) is 3.15. The number of β-amino-alcohol motifs (C(OH)–C–C–N with tert-alkyl or cyclic N) is 1. The van der Waals surface area contributed by atoms with E-state index in [0.717, 1.165) is 43.1 Å². The number of nitrogens with zero attached hydrogens (tertiary/aromatic N) is 3. The van der Waals surface area contributed by atoms with E-state index in [-0.39, 0.29) is 6.10 Å². The average molecular weight is 264 g/mol. The molecule has 2 heterocycles. The Morgan fingerprint density at radius 1 is 1.47 bits per heavy atom. The van der Waals surface area contributed by atoms with Gasteiger partial charge in [0.1, 0.15) is 18.0 Å². The second-order valence-electron chi connectivity index (χ2n) is 5.39. The van der Waals surface area contributed by atoms with E-state index in [0.29, 0.717) is 12.5 Å². The minimum atomic E-state index is -0.244. The minimum Gasteiger partial charge on any atom is -0.391 e. The molecule has 1 aliphatic heterocycles. The Morgan fingerprint density at radius 2 is 2.26 bits per heavy atom. The molecule has 0 saturated carbocycles. The van der Waals surface area contributed by atoms with Gasteiger partial charge in [0.25, 0.3) is 0 Å². The topological polar surface area (TPSA) is 61.3 Å². The van der Waals surface area contributed by atoms with Crippen molar-refractivity contribution in [2.24, 2.45) is 0 Å². The van der Waals surface area contributed by atoms with E-state index in [1.165, 1.54) is 0 Å². The molecule has 2 N–H and O–H groups in total. The molecule has 1 aliphatic rings. The van der Waals surface area contributed by atoms with E-state index in [2.05, 4.69) is 41.0 Å². The number of aliphatic hydroxyl groups is 1. The molecule has 5 nitrogen and oxygen atoms in total. The summed E-state index contributed by atoms with van der Waals surface area (Å²) in [6.45, 7) is 8.85. The van der Waals surface area contributed by atoms with Gasteiger partial charge in [-0.25, -0.2) is 9.97 Å². The molecule has 0 spiro atoms. The minimum absolute atomic E-state index is 0.244. The van der Waals surface area contributed by atoms with Crippen LogP contribution in [0.25, 0.3) is 0 Å². The average Bonchev–Trinajstić information content (AvgIpc) is 2.38. The zero-order valence-corrected chi connectivity index (χ0v) is 12.1. The van der Waals surface area contributed by atoms with Crippen LogP contribution in [0.1, 0.15) is 45.1 Å². The highest BCUT2D eigenvalue weighted by molar-refractivity contribution is 5.60. The molecule has 0 aromatic carbocycles. The van der Waals surface area contributed by atoms with Gasteiger partial charge in [-0.2, -0.15) is 0 Å². The van der Waals surface area contributed by atoms with Gasteiger partial charge in [0.05, 0.1) is 6.10 Å². The Kier molecular flexibility index (Phi) is 4.58. The maximum Gasteiger partial charge on any atom is 0.137 e. The van der Waals surface area contributed by atoms with Crippen molar-refractivity contribution >= 4 is 11.6 Å². The van der Waals surface area contributed by atoms with E-state index in [1.807, 2.05) is 0 Å². The molecule has 0 amide bonds. The van der Waals surface area contributed by atoms with Crippen LogP contribution in [0.2, 0.25) is 0 Å². The maximum atomic E-state index is 9.84. The number of anilines is 2. The van der Waals surface area contributed by atoms with Crippen molar-refractivity contribution in [2.75, 3.05) is 29.9 Å². The number of hydrogen-bond acceptors (Lipinski definition) is 5. The van der Waals surface area contributed by atoms with Crippen LogP contribution in [0.5, 0.6) is 0 Å². The summed E-state index contributed by atoms with van der Waals surface area (Å²) in [5.41, 5.74) is 1.15. The fraction of sp³-hybridized carbons (Fsp3) is 0.714. The summed E-state index contributed by atoms with van der Waals surface area (Å²) in [5, 5.41) is 13.2. The molecule has 1 fully saturated rings. The summed E-state index contributed by atoms with van der Waals surface area (Å²) in [6.07, 6.45) is 3.27. The predicted molar refractivity (Wildman–Crippen MR) is 77.7 cm³/mol. The maximum absolute atomic E-state index is 9.84. The molecule has 1 unspecified atom stereocenters. The lowest BCUT2D eigenvalue weighted by atomic mass is 10.0. The molecule has 0 bridgehead atoms. The second kappa shape index (κ2) is 6.19. The third-order valence-electron chi connectivity index (χ3n) is 3.48. The Labute approximate surface area is 115 Å². The molecule has 1 atom stereocenters. The molecule has 2 rings (SSSR count). The summed E-state index contributed by atoms with van der Waals surface area (Å²) in [6, 6.07) is 0. The smallest absolute Gasteiger partial charge is 0.137 e. The highest BCUT2D eigenvalue weighted by atomic mass is 16.3. The molecule has 1 aromatic rings. The molecular formula is C14H24N4O. The first kappa shape index (κ1) is 14.1. The van der Waals surface area contributed by atoms with Gasteiger partial charge in [-0.05, 0) is 25.7 Å². The molecule has 0 aliphatic carbocycles. The second-order valence-corrected chi connectivity index (χ2v) is 5.39. The van der Waals surface area contributed by atoms with Gasteiger partial charge in [-0.15, -0.1) is 0 Å². The normalized spacial score (nSPS) is 19.8. The van der Waals surface area contributed by atoms with E-state index in [4.69, 9.17) is 0 Å². The van der Waals surface area contributed by atoms with E-state index < -0.39 is 0 Å². The van der Waals surface area contributed by atoms with Crippen LogP contribution in [-0.2, 0) is 0 Å². The number of rotatable bonds is 4. The van der Waals surface area contributed by atoms with Crippen molar-refractivity contribution in [1.82, 2.24) is 9.97 Å². The zero-order valence-electron chi connectivity index (χ0n) is 12.1. The zero-order chi connectivity index (χ0) is 13.8. The molecule has 19 heavy (non-hydrogen) atoms. The Bertz CT molecular complexity index is 422. The molecule has 0 radical (unpaired) electrons. The van der Waals surface area contributed by atoms with E-state index in [9.17, 15) is 5.11 Å². The van der Waals surface area contributed by atoms with Crippen LogP contribution in [-0.4, -0.2) is 40.8 Å². The van der Waals surface area contributed by atoms with Gasteiger partial charge < -0.3 is 15.3 Å². The fourth-order valence-electron chi connectivity index (χ4n) is 2.63. The van der Waals surface area contributed by atoms with Crippen LogP contribution in [0.4, 0.5) is 11.6 Å². The summed E-state index contributed by atoms with van der Waals surface area (Å²) < 4.78 is 0. The molecular weight excluding hydrogens is 240 g/mol. The number of aliphatic hydroxyl groups excluding tert-OH is 1. The van der Waals surface area contributed by atoms with Crippen LogP contribution < -0.4 is 10.2 Å². The van der Waals surface area contributed by atoms with Crippen molar-refractivity contribution in [2.45, 2.75) is 45.6 Å². The van der Waals surface area contributed by atoms with E-state index in [1.54, 1.807) is 6.33 Å². The van der Waals surface area contributed by atoms with Crippen molar-refractivity contribution in [3.8, 4) is 0 Å². The van der Waals surface area contributed by atoms with Crippen LogP contribution in [0.3, 0.4) is 0 Å². The van der Waals surface area contributed by atoms with Gasteiger partial charge in [0.15, 0.2) is 0 Å². The first-order chi connectivity index (χ1) is 9.13. The molecule has 1 saturated heterocycles. The van der Waals surface area contributed by atoms with Crippen molar-refractivity contribution in [1.29, 1.82) is 0 Å².